The summed E-state index contributed by atoms with van der Waals surface area (Å²) >= 11 is 0. The quantitative estimate of drug-likeness (QED) is 0.862. The van der Waals surface area contributed by atoms with Crippen LogP contribution in [0.2, 0.25) is 0 Å². The Morgan fingerprint density at radius 1 is 1.18 bits per heavy atom. The van der Waals surface area contributed by atoms with Crippen LogP contribution in [0, 0.1) is 5.92 Å². The molecule has 1 aromatic rings. The first kappa shape index (κ1) is 11.2. The molecular formula is C14H18O3. The SMILES string of the molecule is OC(C1COCCO1)C1CC1c1ccccc1. The molecule has 3 heteroatoms. The highest BCUT2D eigenvalue weighted by molar-refractivity contribution is 5.26. The Balaban J connectivity index is 1.60. The summed E-state index contributed by atoms with van der Waals surface area (Å²) in [5.74, 6) is 0.834. The molecule has 1 aliphatic carbocycles. The van der Waals surface area contributed by atoms with Crippen molar-refractivity contribution in [3.05, 3.63) is 35.9 Å². The zero-order valence-corrected chi connectivity index (χ0v) is 9.79. The predicted molar refractivity (Wildman–Crippen MR) is 63.9 cm³/mol. The smallest absolute Gasteiger partial charge is 0.107 e. The largest absolute Gasteiger partial charge is 0.390 e. The summed E-state index contributed by atoms with van der Waals surface area (Å²) in [6, 6.07) is 10.4. The monoisotopic (exact) mass is 234 g/mol. The van der Waals surface area contributed by atoms with Crippen molar-refractivity contribution in [2.24, 2.45) is 5.92 Å². The van der Waals surface area contributed by atoms with Gasteiger partial charge in [0.05, 0.1) is 25.9 Å². The van der Waals surface area contributed by atoms with E-state index in [0.717, 1.165) is 6.42 Å². The number of aliphatic hydroxyl groups excluding tert-OH is 1. The van der Waals surface area contributed by atoms with E-state index in [9.17, 15) is 5.11 Å². The first-order chi connectivity index (χ1) is 8.36. The fraction of sp³-hybridized carbons (Fsp3) is 0.571. The molecule has 4 unspecified atom stereocenters. The highest BCUT2D eigenvalue weighted by Gasteiger charge is 2.46. The first-order valence-electron chi connectivity index (χ1n) is 6.28. The highest BCUT2D eigenvalue weighted by Crippen LogP contribution is 2.50. The summed E-state index contributed by atoms with van der Waals surface area (Å²) in [6.07, 6.45) is 0.536. The minimum atomic E-state index is -0.388. The Morgan fingerprint density at radius 3 is 2.71 bits per heavy atom. The number of hydrogen-bond donors (Lipinski definition) is 1. The molecule has 0 bridgehead atoms. The van der Waals surface area contributed by atoms with Gasteiger partial charge in [0.15, 0.2) is 0 Å². The molecule has 1 saturated carbocycles. The van der Waals surface area contributed by atoms with E-state index in [1.54, 1.807) is 0 Å². The Hall–Kier alpha value is -0.900. The molecule has 1 heterocycles. The fourth-order valence-electron chi connectivity index (χ4n) is 2.65. The normalized spacial score (nSPS) is 34.3. The van der Waals surface area contributed by atoms with Gasteiger partial charge in [-0.05, 0) is 23.8 Å². The Morgan fingerprint density at radius 2 is 2.00 bits per heavy atom. The van der Waals surface area contributed by atoms with Gasteiger partial charge in [0.2, 0.25) is 0 Å². The van der Waals surface area contributed by atoms with Gasteiger partial charge in [0.25, 0.3) is 0 Å². The van der Waals surface area contributed by atoms with Crippen molar-refractivity contribution in [2.75, 3.05) is 19.8 Å². The van der Waals surface area contributed by atoms with E-state index < -0.39 is 0 Å². The molecule has 3 rings (SSSR count). The third-order valence-corrected chi connectivity index (χ3v) is 3.73. The average Bonchev–Trinajstić information content (AvgIpc) is 3.20. The second-order valence-electron chi connectivity index (χ2n) is 4.89. The van der Waals surface area contributed by atoms with E-state index >= 15 is 0 Å². The molecule has 2 aliphatic rings. The third-order valence-electron chi connectivity index (χ3n) is 3.73. The average molecular weight is 234 g/mol. The molecule has 92 valence electrons. The molecule has 2 fully saturated rings. The summed E-state index contributed by atoms with van der Waals surface area (Å²) in [5, 5.41) is 10.2. The molecule has 1 saturated heterocycles. The molecule has 4 atom stereocenters. The van der Waals surface area contributed by atoms with E-state index in [-0.39, 0.29) is 12.2 Å². The lowest BCUT2D eigenvalue weighted by Gasteiger charge is -2.27. The van der Waals surface area contributed by atoms with Crippen molar-refractivity contribution in [3.8, 4) is 0 Å². The van der Waals surface area contributed by atoms with Crippen molar-refractivity contribution >= 4 is 0 Å². The van der Waals surface area contributed by atoms with Gasteiger partial charge < -0.3 is 14.6 Å². The molecule has 1 aliphatic heterocycles. The van der Waals surface area contributed by atoms with Crippen molar-refractivity contribution in [3.63, 3.8) is 0 Å². The van der Waals surface area contributed by atoms with Gasteiger partial charge in [-0.3, -0.25) is 0 Å². The lowest BCUT2D eigenvalue weighted by Crippen LogP contribution is -2.39. The highest BCUT2D eigenvalue weighted by atomic mass is 16.6. The maximum atomic E-state index is 10.2. The van der Waals surface area contributed by atoms with Gasteiger partial charge in [-0.15, -0.1) is 0 Å². The van der Waals surface area contributed by atoms with Crippen LogP contribution in [-0.2, 0) is 9.47 Å². The van der Waals surface area contributed by atoms with Crippen molar-refractivity contribution < 1.29 is 14.6 Å². The van der Waals surface area contributed by atoms with Crippen molar-refractivity contribution in [1.29, 1.82) is 0 Å². The minimum Gasteiger partial charge on any atom is -0.390 e. The van der Waals surface area contributed by atoms with Gasteiger partial charge in [-0.25, -0.2) is 0 Å². The summed E-state index contributed by atoms with van der Waals surface area (Å²) in [7, 11) is 0. The van der Waals surface area contributed by atoms with Gasteiger partial charge in [0.1, 0.15) is 6.10 Å². The van der Waals surface area contributed by atoms with E-state index in [0.29, 0.717) is 31.7 Å². The number of ether oxygens (including phenoxy) is 2. The maximum Gasteiger partial charge on any atom is 0.107 e. The number of rotatable bonds is 3. The van der Waals surface area contributed by atoms with E-state index in [1.165, 1.54) is 5.56 Å². The predicted octanol–water partition coefficient (Wildman–Crippen LogP) is 1.57. The number of hydrogen-bond acceptors (Lipinski definition) is 3. The van der Waals surface area contributed by atoms with Crippen molar-refractivity contribution in [1.82, 2.24) is 0 Å². The van der Waals surface area contributed by atoms with Crippen LogP contribution < -0.4 is 0 Å². The van der Waals surface area contributed by atoms with E-state index in [4.69, 9.17) is 9.47 Å². The summed E-state index contributed by atoms with van der Waals surface area (Å²) in [4.78, 5) is 0. The molecular weight excluding hydrogens is 216 g/mol. The fourth-order valence-corrected chi connectivity index (χ4v) is 2.65. The van der Waals surface area contributed by atoms with Crippen LogP contribution in [0.1, 0.15) is 17.9 Å². The lowest BCUT2D eigenvalue weighted by molar-refractivity contribution is -0.136. The Kier molecular flexibility index (Phi) is 3.14. The molecule has 1 N–H and O–H groups in total. The van der Waals surface area contributed by atoms with Crippen LogP contribution in [0.5, 0.6) is 0 Å². The second-order valence-corrected chi connectivity index (χ2v) is 4.89. The Bertz CT molecular complexity index is 359. The summed E-state index contributed by atoms with van der Waals surface area (Å²) in [5.41, 5.74) is 1.33. The number of aliphatic hydroxyl groups is 1. The lowest BCUT2D eigenvalue weighted by atomic mass is 10.0. The van der Waals surface area contributed by atoms with Gasteiger partial charge in [-0.2, -0.15) is 0 Å². The van der Waals surface area contributed by atoms with Crippen LogP contribution in [-0.4, -0.2) is 37.1 Å². The minimum absolute atomic E-state index is 0.137. The molecule has 3 nitrogen and oxygen atoms in total. The maximum absolute atomic E-state index is 10.2. The van der Waals surface area contributed by atoms with Crippen LogP contribution >= 0.6 is 0 Å². The molecule has 0 spiro atoms. The van der Waals surface area contributed by atoms with Crippen LogP contribution in [0.3, 0.4) is 0 Å². The van der Waals surface area contributed by atoms with Crippen molar-refractivity contribution in [2.45, 2.75) is 24.5 Å². The third kappa shape index (κ3) is 2.37. The second kappa shape index (κ2) is 4.77. The van der Waals surface area contributed by atoms with Crippen LogP contribution in [0.25, 0.3) is 0 Å². The van der Waals surface area contributed by atoms with E-state index in [2.05, 4.69) is 24.3 Å². The summed E-state index contributed by atoms with van der Waals surface area (Å²) in [6.45, 7) is 1.78. The van der Waals surface area contributed by atoms with Crippen LogP contribution in [0.4, 0.5) is 0 Å². The van der Waals surface area contributed by atoms with Gasteiger partial charge in [-0.1, -0.05) is 30.3 Å². The molecule has 1 aromatic carbocycles. The molecule has 17 heavy (non-hydrogen) atoms. The van der Waals surface area contributed by atoms with E-state index in [1.807, 2.05) is 6.07 Å². The zero-order chi connectivity index (χ0) is 11.7. The standard InChI is InChI=1S/C14H18O3/c15-14(13-9-16-6-7-17-13)12-8-11(12)10-4-2-1-3-5-10/h1-5,11-15H,6-9H2. The topological polar surface area (TPSA) is 38.7 Å². The Labute approximate surface area is 101 Å². The summed E-state index contributed by atoms with van der Waals surface area (Å²) < 4.78 is 10.9. The van der Waals surface area contributed by atoms with Gasteiger partial charge in [0, 0.05) is 0 Å². The van der Waals surface area contributed by atoms with Crippen LogP contribution in [0.15, 0.2) is 30.3 Å². The zero-order valence-electron chi connectivity index (χ0n) is 9.79. The first-order valence-corrected chi connectivity index (χ1v) is 6.28. The number of benzene rings is 1. The van der Waals surface area contributed by atoms with Gasteiger partial charge >= 0.3 is 0 Å². The molecule has 0 radical (unpaired) electrons. The molecule has 0 aromatic heterocycles. The molecule has 0 amide bonds.